The number of hydrogen-bond donors (Lipinski definition) is 2. The van der Waals surface area contributed by atoms with Crippen LogP contribution >= 0.6 is 0 Å². The molecule has 0 bridgehead atoms. The van der Waals surface area contributed by atoms with Gasteiger partial charge in [0.1, 0.15) is 29.9 Å². The average molecular weight is 318 g/mol. The monoisotopic (exact) mass is 318 g/mol. The summed E-state index contributed by atoms with van der Waals surface area (Å²) in [4.78, 5) is 18.1. The number of aromatic amines is 1. The molecule has 24 heavy (non-hydrogen) atoms. The summed E-state index contributed by atoms with van der Waals surface area (Å²) in [6.07, 6.45) is 0. The van der Waals surface area contributed by atoms with Crippen LogP contribution in [0.25, 0.3) is 11.4 Å². The van der Waals surface area contributed by atoms with Gasteiger partial charge in [-0.3, -0.25) is 4.79 Å². The highest BCUT2D eigenvalue weighted by molar-refractivity contribution is 5.93. The third-order valence-corrected chi connectivity index (χ3v) is 3.43. The number of nitrogens with two attached hydrogens (primary N) is 1. The molecule has 0 aliphatic rings. The highest BCUT2D eigenvalue weighted by atomic mass is 16.5. The first-order chi connectivity index (χ1) is 11.7. The Balaban J connectivity index is 1.75. The lowest BCUT2D eigenvalue weighted by Gasteiger charge is -2.06. The molecular formula is C18H14N4O2. The summed E-state index contributed by atoms with van der Waals surface area (Å²) in [6.45, 7) is 0.478. The molecule has 0 saturated carbocycles. The first-order valence-corrected chi connectivity index (χ1v) is 7.24. The molecule has 1 aromatic heterocycles. The van der Waals surface area contributed by atoms with Crippen molar-refractivity contribution < 1.29 is 9.53 Å². The van der Waals surface area contributed by atoms with Crippen molar-refractivity contribution in [2.75, 3.05) is 0 Å². The molecule has 6 nitrogen and oxygen atoms in total. The predicted molar refractivity (Wildman–Crippen MR) is 88.0 cm³/mol. The molecule has 0 spiro atoms. The summed E-state index contributed by atoms with van der Waals surface area (Å²) < 4.78 is 5.71. The Morgan fingerprint density at radius 2 is 1.88 bits per heavy atom. The van der Waals surface area contributed by atoms with Crippen LogP contribution in [0, 0.1) is 11.3 Å². The average Bonchev–Trinajstić information content (AvgIpc) is 3.06. The van der Waals surface area contributed by atoms with Gasteiger partial charge in [-0.15, -0.1) is 0 Å². The van der Waals surface area contributed by atoms with Gasteiger partial charge in [-0.25, -0.2) is 4.98 Å². The topological polar surface area (TPSA) is 105 Å². The van der Waals surface area contributed by atoms with Gasteiger partial charge in [0, 0.05) is 5.56 Å². The fourth-order valence-electron chi connectivity index (χ4n) is 2.22. The Morgan fingerprint density at radius 1 is 1.17 bits per heavy atom. The largest absolute Gasteiger partial charge is 0.489 e. The molecule has 0 radical (unpaired) electrons. The van der Waals surface area contributed by atoms with Gasteiger partial charge in [-0.05, 0) is 29.8 Å². The van der Waals surface area contributed by atoms with Crippen LogP contribution in [0.4, 0.5) is 0 Å². The van der Waals surface area contributed by atoms with Gasteiger partial charge in [-0.2, -0.15) is 5.26 Å². The van der Waals surface area contributed by atoms with Gasteiger partial charge in [0.15, 0.2) is 5.69 Å². The molecule has 0 aliphatic heterocycles. The summed E-state index contributed by atoms with van der Waals surface area (Å²) in [5, 5.41) is 8.99. The number of rotatable bonds is 5. The number of aromatic nitrogens is 2. The summed E-state index contributed by atoms with van der Waals surface area (Å²) in [5.41, 5.74) is 7.03. The van der Waals surface area contributed by atoms with E-state index in [0.29, 0.717) is 18.2 Å². The van der Waals surface area contributed by atoms with E-state index in [2.05, 4.69) is 9.97 Å². The van der Waals surface area contributed by atoms with E-state index in [1.165, 1.54) is 0 Å². The van der Waals surface area contributed by atoms with Crippen LogP contribution in [0.15, 0.2) is 54.6 Å². The molecule has 0 atom stereocenters. The van der Waals surface area contributed by atoms with Crippen molar-refractivity contribution in [3.05, 3.63) is 71.5 Å². The first kappa shape index (κ1) is 15.3. The first-order valence-electron chi connectivity index (χ1n) is 7.24. The van der Waals surface area contributed by atoms with Crippen molar-refractivity contribution in [2.24, 2.45) is 5.73 Å². The standard InChI is InChI=1S/C18H14N4O2/c19-10-15-16(17(20)23)22-18(21-15)13-6-8-14(9-7-13)24-11-12-4-2-1-3-5-12/h1-9H,11H2,(H2,20,23)(H,21,22). The minimum absolute atomic E-state index is 0.0110. The van der Waals surface area contributed by atoms with Gasteiger partial charge in [0.2, 0.25) is 0 Å². The Hall–Kier alpha value is -3.59. The van der Waals surface area contributed by atoms with Crippen LogP contribution in [0.3, 0.4) is 0 Å². The quantitative estimate of drug-likeness (QED) is 0.754. The zero-order valence-electron chi connectivity index (χ0n) is 12.7. The van der Waals surface area contributed by atoms with Gasteiger partial charge < -0.3 is 15.5 Å². The second-order valence-corrected chi connectivity index (χ2v) is 5.08. The van der Waals surface area contributed by atoms with E-state index in [9.17, 15) is 4.79 Å². The fraction of sp³-hybridized carbons (Fsp3) is 0.0556. The third-order valence-electron chi connectivity index (χ3n) is 3.43. The minimum atomic E-state index is -0.715. The van der Waals surface area contributed by atoms with Crippen molar-refractivity contribution in [3.63, 3.8) is 0 Å². The second-order valence-electron chi connectivity index (χ2n) is 5.08. The SMILES string of the molecule is N#Cc1nc(-c2ccc(OCc3ccccc3)cc2)[nH]c1C(N)=O. The summed E-state index contributed by atoms with van der Waals surface area (Å²) >= 11 is 0. The molecule has 3 N–H and O–H groups in total. The highest BCUT2D eigenvalue weighted by Gasteiger charge is 2.15. The Labute approximate surface area is 138 Å². The van der Waals surface area contributed by atoms with Crippen molar-refractivity contribution in [1.82, 2.24) is 9.97 Å². The van der Waals surface area contributed by atoms with E-state index in [1.807, 2.05) is 36.4 Å². The maximum Gasteiger partial charge on any atom is 0.268 e. The molecule has 1 heterocycles. The van der Waals surface area contributed by atoms with E-state index in [0.717, 1.165) is 11.1 Å². The van der Waals surface area contributed by atoms with E-state index in [-0.39, 0.29) is 11.4 Å². The van der Waals surface area contributed by atoms with Crippen LogP contribution < -0.4 is 10.5 Å². The molecule has 3 rings (SSSR count). The van der Waals surface area contributed by atoms with E-state index < -0.39 is 5.91 Å². The lowest BCUT2D eigenvalue weighted by atomic mass is 10.2. The molecule has 0 unspecified atom stereocenters. The Bertz CT molecular complexity index is 893. The number of primary amides is 1. The number of nitrogens with zero attached hydrogens (tertiary/aromatic N) is 2. The maximum atomic E-state index is 11.3. The molecule has 1 amide bonds. The zero-order chi connectivity index (χ0) is 16.9. The minimum Gasteiger partial charge on any atom is -0.489 e. The second kappa shape index (κ2) is 6.67. The molecule has 118 valence electrons. The summed E-state index contributed by atoms with van der Waals surface area (Å²) in [7, 11) is 0. The van der Waals surface area contributed by atoms with Gasteiger partial charge in [0.25, 0.3) is 5.91 Å². The number of nitriles is 1. The van der Waals surface area contributed by atoms with Crippen molar-refractivity contribution in [3.8, 4) is 23.2 Å². The van der Waals surface area contributed by atoms with Crippen molar-refractivity contribution in [2.45, 2.75) is 6.61 Å². The van der Waals surface area contributed by atoms with E-state index in [4.69, 9.17) is 15.7 Å². The number of benzene rings is 2. The molecule has 6 heteroatoms. The number of imidazole rings is 1. The van der Waals surface area contributed by atoms with Crippen LogP contribution in [0.5, 0.6) is 5.75 Å². The lowest BCUT2D eigenvalue weighted by molar-refractivity contribution is 0.0996. The van der Waals surface area contributed by atoms with Crippen LogP contribution in [-0.2, 0) is 6.61 Å². The van der Waals surface area contributed by atoms with Crippen LogP contribution in [0.2, 0.25) is 0 Å². The molecule has 0 aliphatic carbocycles. The number of amides is 1. The summed E-state index contributed by atoms with van der Waals surface area (Å²) in [5.74, 6) is 0.410. The molecule has 0 fully saturated rings. The fourth-order valence-corrected chi connectivity index (χ4v) is 2.22. The molecular weight excluding hydrogens is 304 g/mol. The maximum absolute atomic E-state index is 11.3. The number of carbonyl (C=O) groups is 1. The van der Waals surface area contributed by atoms with Crippen molar-refractivity contribution >= 4 is 5.91 Å². The number of H-pyrrole nitrogens is 1. The third kappa shape index (κ3) is 3.25. The van der Waals surface area contributed by atoms with Gasteiger partial charge in [0.05, 0.1) is 0 Å². The molecule has 3 aromatic rings. The highest BCUT2D eigenvalue weighted by Crippen LogP contribution is 2.22. The van der Waals surface area contributed by atoms with Crippen LogP contribution in [-0.4, -0.2) is 15.9 Å². The lowest BCUT2D eigenvalue weighted by Crippen LogP contribution is -2.13. The van der Waals surface area contributed by atoms with E-state index >= 15 is 0 Å². The number of hydrogen-bond acceptors (Lipinski definition) is 4. The molecule has 2 aromatic carbocycles. The Morgan fingerprint density at radius 3 is 2.46 bits per heavy atom. The van der Waals surface area contributed by atoms with E-state index in [1.54, 1.807) is 24.3 Å². The van der Waals surface area contributed by atoms with Gasteiger partial charge >= 0.3 is 0 Å². The summed E-state index contributed by atoms with van der Waals surface area (Å²) in [6, 6.07) is 18.9. The molecule has 0 saturated heterocycles. The number of nitrogens with one attached hydrogen (secondary N) is 1. The normalized spacial score (nSPS) is 10.1. The van der Waals surface area contributed by atoms with Crippen molar-refractivity contribution in [1.29, 1.82) is 5.26 Å². The Kier molecular flexibility index (Phi) is 4.25. The van der Waals surface area contributed by atoms with Crippen LogP contribution in [0.1, 0.15) is 21.7 Å². The number of ether oxygens (including phenoxy) is 1. The zero-order valence-corrected chi connectivity index (χ0v) is 12.7. The predicted octanol–water partition coefficient (Wildman–Crippen LogP) is 2.63. The smallest absolute Gasteiger partial charge is 0.268 e. The van der Waals surface area contributed by atoms with Gasteiger partial charge in [-0.1, -0.05) is 30.3 Å². The number of carbonyl (C=O) groups excluding carboxylic acids is 1.